The van der Waals surface area contributed by atoms with Crippen molar-refractivity contribution in [2.24, 2.45) is 0 Å². The summed E-state index contributed by atoms with van der Waals surface area (Å²) in [6.07, 6.45) is 2.67. The van der Waals surface area contributed by atoms with Crippen molar-refractivity contribution < 1.29 is 9.59 Å². The summed E-state index contributed by atoms with van der Waals surface area (Å²) in [7, 11) is 0. The summed E-state index contributed by atoms with van der Waals surface area (Å²) >= 11 is 1.74. The molecule has 2 rings (SSSR count). The van der Waals surface area contributed by atoms with Gasteiger partial charge in [0.25, 0.3) is 5.91 Å². The van der Waals surface area contributed by atoms with E-state index in [1.54, 1.807) is 11.8 Å². The van der Waals surface area contributed by atoms with Crippen LogP contribution in [0.1, 0.15) is 26.2 Å². The Balaban J connectivity index is 2.08. The Morgan fingerprint density at radius 1 is 1.53 bits per heavy atom. The lowest BCUT2D eigenvalue weighted by atomic mass is 9.99. The van der Waals surface area contributed by atoms with Crippen molar-refractivity contribution in [3.8, 4) is 0 Å². The van der Waals surface area contributed by atoms with E-state index in [1.165, 1.54) is 4.90 Å². The number of thioether (sulfide) groups is 1. The minimum atomic E-state index is -0.560. The standard InChI is InChI=1S/C10H16N2O2S/c1-2-3-5-12-8(13)10(11-9(12)14)4-6-15-7-10/h2-7H2,1H3,(H,11,14)/t10-/m1/s1. The van der Waals surface area contributed by atoms with Crippen molar-refractivity contribution in [1.82, 2.24) is 10.2 Å². The molecule has 84 valence electrons. The third kappa shape index (κ3) is 1.73. The number of nitrogens with one attached hydrogen (secondary N) is 1. The molecule has 0 unspecified atom stereocenters. The smallest absolute Gasteiger partial charge is 0.322 e. The Labute approximate surface area is 93.8 Å². The molecule has 0 aromatic rings. The second-order valence-corrected chi connectivity index (χ2v) is 5.23. The zero-order valence-electron chi connectivity index (χ0n) is 8.91. The van der Waals surface area contributed by atoms with Crippen LogP contribution in [0, 0.1) is 0 Å². The number of carbonyl (C=O) groups excluding carboxylic acids is 2. The summed E-state index contributed by atoms with van der Waals surface area (Å²) in [5.74, 6) is 1.69. The van der Waals surface area contributed by atoms with Gasteiger partial charge in [-0.15, -0.1) is 0 Å². The Morgan fingerprint density at radius 3 is 2.93 bits per heavy atom. The fourth-order valence-corrected chi connectivity index (χ4v) is 3.35. The van der Waals surface area contributed by atoms with Crippen LogP contribution < -0.4 is 5.32 Å². The van der Waals surface area contributed by atoms with Gasteiger partial charge in [0.1, 0.15) is 5.54 Å². The molecule has 5 heteroatoms. The van der Waals surface area contributed by atoms with E-state index in [1.807, 2.05) is 0 Å². The van der Waals surface area contributed by atoms with Crippen LogP contribution in [0.2, 0.25) is 0 Å². The number of nitrogens with zero attached hydrogens (tertiary/aromatic N) is 1. The van der Waals surface area contributed by atoms with Gasteiger partial charge in [-0.2, -0.15) is 11.8 Å². The first kappa shape index (κ1) is 10.8. The molecule has 2 aliphatic rings. The maximum absolute atomic E-state index is 12.1. The summed E-state index contributed by atoms with van der Waals surface area (Å²) in [5.41, 5.74) is -0.560. The summed E-state index contributed by atoms with van der Waals surface area (Å²) in [5, 5.41) is 2.85. The quantitative estimate of drug-likeness (QED) is 0.739. The van der Waals surface area contributed by atoms with E-state index in [4.69, 9.17) is 0 Å². The molecule has 2 fully saturated rings. The topological polar surface area (TPSA) is 49.4 Å². The average Bonchev–Trinajstić information content (AvgIpc) is 2.75. The molecule has 0 aromatic carbocycles. The van der Waals surface area contributed by atoms with Gasteiger partial charge >= 0.3 is 6.03 Å². The Kier molecular flexibility index (Phi) is 2.91. The molecule has 0 aromatic heterocycles. The van der Waals surface area contributed by atoms with E-state index >= 15 is 0 Å². The van der Waals surface area contributed by atoms with E-state index in [-0.39, 0.29) is 11.9 Å². The number of urea groups is 1. The van der Waals surface area contributed by atoms with Gasteiger partial charge in [-0.1, -0.05) is 13.3 Å². The van der Waals surface area contributed by atoms with Crippen LogP contribution in [0.15, 0.2) is 0 Å². The first-order valence-corrected chi connectivity index (χ1v) is 6.57. The predicted molar refractivity (Wildman–Crippen MR) is 59.8 cm³/mol. The fourth-order valence-electron chi connectivity index (χ4n) is 2.03. The van der Waals surface area contributed by atoms with E-state index in [0.29, 0.717) is 6.54 Å². The lowest BCUT2D eigenvalue weighted by Gasteiger charge is -2.19. The fraction of sp³-hybridized carbons (Fsp3) is 0.800. The number of amides is 3. The highest BCUT2D eigenvalue weighted by Crippen LogP contribution is 2.33. The van der Waals surface area contributed by atoms with Gasteiger partial charge in [0.2, 0.25) is 0 Å². The van der Waals surface area contributed by atoms with Crippen molar-refractivity contribution >= 4 is 23.7 Å². The van der Waals surface area contributed by atoms with Crippen molar-refractivity contribution in [1.29, 1.82) is 0 Å². The third-order valence-corrected chi connectivity index (χ3v) is 4.19. The molecule has 3 amide bonds. The molecule has 1 spiro atoms. The van der Waals surface area contributed by atoms with Gasteiger partial charge in [-0.05, 0) is 18.6 Å². The van der Waals surface area contributed by atoms with Gasteiger partial charge < -0.3 is 5.32 Å². The molecule has 1 atom stereocenters. The Morgan fingerprint density at radius 2 is 2.33 bits per heavy atom. The Hall–Kier alpha value is -0.710. The number of hydrogen-bond acceptors (Lipinski definition) is 3. The van der Waals surface area contributed by atoms with Crippen LogP contribution in [0.4, 0.5) is 4.79 Å². The predicted octanol–water partition coefficient (Wildman–Crippen LogP) is 1.21. The largest absolute Gasteiger partial charge is 0.325 e. The summed E-state index contributed by atoms with van der Waals surface area (Å²) in [6, 6.07) is -0.198. The third-order valence-electron chi connectivity index (χ3n) is 3.00. The molecule has 2 aliphatic heterocycles. The second kappa shape index (κ2) is 4.04. The lowest BCUT2D eigenvalue weighted by Crippen LogP contribution is -2.47. The maximum Gasteiger partial charge on any atom is 0.325 e. The normalized spacial score (nSPS) is 30.3. The van der Waals surface area contributed by atoms with Crippen molar-refractivity contribution in [2.45, 2.75) is 31.7 Å². The first-order valence-electron chi connectivity index (χ1n) is 5.41. The van der Waals surface area contributed by atoms with Crippen LogP contribution in [-0.4, -0.2) is 40.4 Å². The van der Waals surface area contributed by atoms with Crippen LogP contribution in [0.25, 0.3) is 0 Å². The lowest BCUT2D eigenvalue weighted by molar-refractivity contribution is -0.130. The molecule has 1 N–H and O–H groups in total. The molecule has 2 heterocycles. The first-order chi connectivity index (χ1) is 7.19. The minimum absolute atomic E-state index is 0.00838. The molecular formula is C10H16N2O2S. The van der Waals surface area contributed by atoms with Crippen LogP contribution in [0.3, 0.4) is 0 Å². The molecule has 0 bridgehead atoms. The number of imide groups is 1. The molecule has 4 nitrogen and oxygen atoms in total. The average molecular weight is 228 g/mol. The monoisotopic (exact) mass is 228 g/mol. The molecule has 15 heavy (non-hydrogen) atoms. The highest BCUT2D eigenvalue weighted by atomic mass is 32.2. The molecule has 2 saturated heterocycles. The summed E-state index contributed by atoms with van der Waals surface area (Å²) < 4.78 is 0. The number of hydrogen-bond donors (Lipinski definition) is 1. The number of carbonyl (C=O) groups is 2. The van der Waals surface area contributed by atoms with Gasteiger partial charge in [0, 0.05) is 12.3 Å². The van der Waals surface area contributed by atoms with E-state index < -0.39 is 5.54 Å². The van der Waals surface area contributed by atoms with Gasteiger partial charge in [0.05, 0.1) is 0 Å². The van der Waals surface area contributed by atoms with Crippen LogP contribution in [-0.2, 0) is 4.79 Å². The van der Waals surface area contributed by atoms with Gasteiger partial charge in [-0.3, -0.25) is 9.69 Å². The Bertz CT molecular complexity index is 287. The molecule has 0 radical (unpaired) electrons. The zero-order chi connectivity index (χ0) is 10.9. The molecular weight excluding hydrogens is 212 g/mol. The van der Waals surface area contributed by atoms with E-state index in [9.17, 15) is 9.59 Å². The molecule has 0 aliphatic carbocycles. The maximum atomic E-state index is 12.1. The number of unbranched alkanes of at least 4 members (excludes halogenated alkanes) is 1. The highest BCUT2D eigenvalue weighted by molar-refractivity contribution is 7.99. The number of rotatable bonds is 3. The van der Waals surface area contributed by atoms with Gasteiger partial charge in [-0.25, -0.2) is 4.79 Å². The SMILES string of the molecule is CCCCN1C(=O)N[C@@]2(CCSC2)C1=O. The van der Waals surface area contributed by atoms with Crippen molar-refractivity contribution in [2.75, 3.05) is 18.1 Å². The van der Waals surface area contributed by atoms with E-state index in [2.05, 4.69) is 12.2 Å². The second-order valence-electron chi connectivity index (χ2n) is 4.13. The van der Waals surface area contributed by atoms with Crippen LogP contribution in [0.5, 0.6) is 0 Å². The van der Waals surface area contributed by atoms with Crippen molar-refractivity contribution in [3.63, 3.8) is 0 Å². The summed E-state index contributed by atoms with van der Waals surface area (Å²) in [4.78, 5) is 25.1. The van der Waals surface area contributed by atoms with Gasteiger partial charge in [0.15, 0.2) is 0 Å². The zero-order valence-corrected chi connectivity index (χ0v) is 9.73. The summed E-state index contributed by atoms with van der Waals surface area (Å²) in [6.45, 7) is 2.62. The van der Waals surface area contributed by atoms with Crippen molar-refractivity contribution in [3.05, 3.63) is 0 Å². The highest BCUT2D eigenvalue weighted by Gasteiger charge is 2.52. The van der Waals surface area contributed by atoms with E-state index in [0.717, 1.165) is 30.8 Å². The minimum Gasteiger partial charge on any atom is -0.322 e. The van der Waals surface area contributed by atoms with Crippen LogP contribution >= 0.6 is 11.8 Å². The molecule has 0 saturated carbocycles.